The summed E-state index contributed by atoms with van der Waals surface area (Å²) in [6.45, 7) is 1.70. The number of likely N-dealkylation sites (tertiary alicyclic amines) is 1. The van der Waals surface area contributed by atoms with Crippen LogP contribution in [0.2, 0.25) is 0 Å². The van der Waals surface area contributed by atoms with E-state index in [0.29, 0.717) is 12.5 Å². The van der Waals surface area contributed by atoms with Crippen LogP contribution in [0.3, 0.4) is 0 Å². The van der Waals surface area contributed by atoms with Gasteiger partial charge in [-0.1, -0.05) is 36.4 Å². The first kappa shape index (κ1) is 21.1. The minimum Gasteiger partial charge on any atom is -0.347 e. The van der Waals surface area contributed by atoms with Crippen molar-refractivity contribution in [1.82, 2.24) is 24.6 Å². The molecule has 0 spiro atoms. The molecule has 33 heavy (non-hydrogen) atoms. The summed E-state index contributed by atoms with van der Waals surface area (Å²) in [4.78, 5) is 26.4. The zero-order chi connectivity index (χ0) is 22.8. The summed E-state index contributed by atoms with van der Waals surface area (Å²) in [5.74, 6) is 0.940. The van der Waals surface area contributed by atoms with Crippen molar-refractivity contribution in [1.29, 1.82) is 0 Å². The van der Waals surface area contributed by atoms with Crippen LogP contribution < -0.4 is 4.90 Å². The van der Waals surface area contributed by atoms with Crippen molar-refractivity contribution in [3.63, 3.8) is 0 Å². The van der Waals surface area contributed by atoms with Crippen LogP contribution >= 0.6 is 0 Å². The first-order chi connectivity index (χ1) is 16.1. The highest BCUT2D eigenvalue weighted by Crippen LogP contribution is 2.35. The van der Waals surface area contributed by atoms with Crippen LogP contribution in [-0.4, -0.2) is 57.7 Å². The summed E-state index contributed by atoms with van der Waals surface area (Å²) in [5, 5.41) is 6.58. The second-order valence-electron chi connectivity index (χ2n) is 8.81. The number of nitrogens with zero attached hydrogens (tertiary/aromatic N) is 6. The molecule has 3 heterocycles. The van der Waals surface area contributed by atoms with Crippen molar-refractivity contribution in [3.8, 4) is 11.1 Å². The molecule has 4 aromatic rings. The SMILES string of the molecule is CN(C)c1ncc(-c2ccc3ccccc3c2)c(C2CCCN(C(=O)Cn3cccn3)C2)n1. The Balaban J connectivity index is 1.48. The third-order valence-electron chi connectivity index (χ3n) is 6.28. The minimum absolute atomic E-state index is 0.0949. The highest BCUT2D eigenvalue weighted by atomic mass is 16.2. The lowest BCUT2D eigenvalue weighted by molar-refractivity contribution is -0.133. The number of benzene rings is 2. The van der Waals surface area contributed by atoms with Gasteiger partial charge in [0, 0.05) is 57.3 Å². The fraction of sp³-hybridized carbons (Fsp3) is 0.308. The fourth-order valence-corrected chi connectivity index (χ4v) is 4.55. The second-order valence-corrected chi connectivity index (χ2v) is 8.81. The zero-order valence-corrected chi connectivity index (χ0v) is 19.1. The summed E-state index contributed by atoms with van der Waals surface area (Å²) in [6.07, 6.45) is 7.41. The Morgan fingerprint density at radius 2 is 1.97 bits per heavy atom. The average Bonchev–Trinajstić information content (AvgIpc) is 3.36. The highest BCUT2D eigenvalue weighted by Gasteiger charge is 2.28. The van der Waals surface area contributed by atoms with Crippen LogP contribution in [-0.2, 0) is 11.3 Å². The topological polar surface area (TPSA) is 67.2 Å². The van der Waals surface area contributed by atoms with Gasteiger partial charge in [-0.2, -0.15) is 5.10 Å². The third kappa shape index (κ3) is 4.44. The predicted octanol–water partition coefficient (Wildman–Crippen LogP) is 3.97. The maximum absolute atomic E-state index is 12.9. The Hall–Kier alpha value is -3.74. The van der Waals surface area contributed by atoms with E-state index in [1.54, 1.807) is 10.9 Å². The number of carbonyl (C=O) groups excluding carboxylic acids is 1. The van der Waals surface area contributed by atoms with Crippen molar-refractivity contribution < 1.29 is 4.79 Å². The van der Waals surface area contributed by atoms with Crippen molar-refractivity contribution in [2.24, 2.45) is 0 Å². The van der Waals surface area contributed by atoms with E-state index in [0.717, 1.165) is 36.2 Å². The molecule has 0 aliphatic carbocycles. The number of aromatic nitrogens is 4. The molecule has 0 radical (unpaired) electrons. The van der Waals surface area contributed by atoms with Crippen LogP contribution in [0.15, 0.2) is 67.1 Å². The highest BCUT2D eigenvalue weighted by molar-refractivity contribution is 5.87. The number of anilines is 1. The molecule has 2 aromatic carbocycles. The van der Waals surface area contributed by atoms with E-state index in [4.69, 9.17) is 4.98 Å². The molecule has 1 aliphatic heterocycles. The van der Waals surface area contributed by atoms with Gasteiger partial charge in [0.2, 0.25) is 11.9 Å². The predicted molar refractivity (Wildman–Crippen MR) is 130 cm³/mol. The minimum atomic E-state index is 0.0949. The van der Waals surface area contributed by atoms with E-state index in [1.807, 2.05) is 42.4 Å². The number of fused-ring (bicyclic) bond motifs is 1. The van der Waals surface area contributed by atoms with Gasteiger partial charge in [0.25, 0.3) is 0 Å². The first-order valence-electron chi connectivity index (χ1n) is 11.4. The standard InChI is InChI=1S/C26H28N6O/c1-30(2)26-27-16-23(21-11-10-19-7-3-4-8-20(19)15-21)25(29-26)22-9-5-13-31(17-22)24(33)18-32-14-6-12-28-32/h3-4,6-8,10-12,14-16,22H,5,9,13,17-18H2,1-2H3. The fourth-order valence-electron chi connectivity index (χ4n) is 4.55. The van der Waals surface area contributed by atoms with Gasteiger partial charge in [-0.3, -0.25) is 9.48 Å². The molecule has 1 saturated heterocycles. The van der Waals surface area contributed by atoms with Gasteiger partial charge in [0.1, 0.15) is 6.54 Å². The van der Waals surface area contributed by atoms with Crippen molar-refractivity contribution in [2.75, 3.05) is 32.1 Å². The Morgan fingerprint density at radius 3 is 2.76 bits per heavy atom. The number of piperidine rings is 1. The van der Waals surface area contributed by atoms with E-state index in [9.17, 15) is 4.79 Å². The summed E-state index contributed by atoms with van der Waals surface area (Å²) < 4.78 is 1.68. The molecule has 1 aliphatic rings. The lowest BCUT2D eigenvalue weighted by atomic mass is 9.89. The molecular formula is C26H28N6O. The van der Waals surface area contributed by atoms with Crippen LogP contribution in [0, 0.1) is 0 Å². The number of rotatable bonds is 5. The van der Waals surface area contributed by atoms with E-state index >= 15 is 0 Å². The van der Waals surface area contributed by atoms with Gasteiger partial charge in [0.15, 0.2) is 0 Å². The molecular weight excluding hydrogens is 412 g/mol. The monoisotopic (exact) mass is 440 g/mol. The van der Waals surface area contributed by atoms with Gasteiger partial charge in [0.05, 0.1) is 5.69 Å². The summed E-state index contributed by atoms with van der Waals surface area (Å²) >= 11 is 0. The molecule has 1 fully saturated rings. The molecule has 2 aromatic heterocycles. The van der Waals surface area contributed by atoms with Crippen LogP contribution in [0.4, 0.5) is 5.95 Å². The van der Waals surface area contributed by atoms with Gasteiger partial charge >= 0.3 is 0 Å². The molecule has 0 saturated carbocycles. The maximum Gasteiger partial charge on any atom is 0.244 e. The Morgan fingerprint density at radius 1 is 1.12 bits per heavy atom. The van der Waals surface area contributed by atoms with Gasteiger partial charge in [-0.15, -0.1) is 0 Å². The average molecular weight is 441 g/mol. The molecule has 7 nitrogen and oxygen atoms in total. The summed E-state index contributed by atoms with van der Waals surface area (Å²) in [7, 11) is 3.91. The Bertz CT molecular complexity index is 1270. The maximum atomic E-state index is 12.9. The van der Waals surface area contributed by atoms with E-state index in [-0.39, 0.29) is 18.4 Å². The third-order valence-corrected chi connectivity index (χ3v) is 6.28. The second kappa shape index (κ2) is 9.02. The molecule has 1 amide bonds. The van der Waals surface area contributed by atoms with Crippen LogP contribution in [0.1, 0.15) is 24.5 Å². The van der Waals surface area contributed by atoms with Crippen molar-refractivity contribution in [3.05, 3.63) is 72.8 Å². The summed E-state index contributed by atoms with van der Waals surface area (Å²) in [6, 6.07) is 16.7. The molecule has 0 N–H and O–H groups in total. The molecule has 7 heteroatoms. The molecule has 1 unspecified atom stereocenters. The molecule has 0 bridgehead atoms. The van der Waals surface area contributed by atoms with Gasteiger partial charge < -0.3 is 9.80 Å². The Labute approximate surface area is 193 Å². The Kier molecular flexibility index (Phi) is 5.77. The normalized spacial score (nSPS) is 16.2. The molecule has 168 valence electrons. The lowest BCUT2D eigenvalue weighted by Gasteiger charge is -2.33. The number of amides is 1. The van der Waals surface area contributed by atoms with E-state index < -0.39 is 0 Å². The molecule has 1 atom stereocenters. The van der Waals surface area contributed by atoms with Crippen molar-refractivity contribution >= 4 is 22.6 Å². The number of hydrogen-bond donors (Lipinski definition) is 0. The van der Waals surface area contributed by atoms with E-state index in [2.05, 4.69) is 52.5 Å². The quantitative estimate of drug-likeness (QED) is 0.470. The van der Waals surface area contributed by atoms with Gasteiger partial charge in [-0.05, 0) is 41.3 Å². The van der Waals surface area contributed by atoms with Gasteiger partial charge in [-0.25, -0.2) is 9.97 Å². The molecule has 5 rings (SSSR count). The van der Waals surface area contributed by atoms with Crippen LogP contribution in [0.5, 0.6) is 0 Å². The lowest BCUT2D eigenvalue weighted by Crippen LogP contribution is -2.41. The summed E-state index contributed by atoms with van der Waals surface area (Å²) in [5.41, 5.74) is 3.16. The largest absolute Gasteiger partial charge is 0.347 e. The smallest absolute Gasteiger partial charge is 0.244 e. The number of carbonyl (C=O) groups is 1. The first-order valence-corrected chi connectivity index (χ1v) is 11.4. The van der Waals surface area contributed by atoms with E-state index in [1.165, 1.54) is 10.8 Å². The zero-order valence-electron chi connectivity index (χ0n) is 19.1. The number of hydrogen-bond acceptors (Lipinski definition) is 5. The van der Waals surface area contributed by atoms with Crippen molar-refractivity contribution in [2.45, 2.75) is 25.3 Å². The van der Waals surface area contributed by atoms with Crippen LogP contribution in [0.25, 0.3) is 21.9 Å².